The lowest BCUT2D eigenvalue weighted by Gasteiger charge is -2.50. The fourth-order valence-electron chi connectivity index (χ4n) is 22.2. The Kier molecular flexibility index (Phi) is 16.9. The quantitative estimate of drug-likeness (QED) is 0.113. The van der Waals surface area contributed by atoms with Crippen LogP contribution in [0.2, 0.25) is 0 Å². The van der Waals surface area contributed by atoms with E-state index in [1.807, 2.05) is 0 Å². The molecule has 596 valence electrons. The van der Waals surface area contributed by atoms with Crippen LogP contribution >= 0.6 is 0 Å². The Morgan fingerprint density at radius 1 is 0.220 bits per heavy atom. The first-order valence-electron chi connectivity index (χ1n) is 44.4. The standard InChI is InChI=1S/C119H84B2N6/c1-118(2,3)83-71-111-115-112(72-83)127(117-91(81-45-16-6-17-46-81)61-40-62-92(117)82-47-18-7-19-48-82)110-78-108-98(76-102(110)120(115)99-65-34-38-69-105(99)123(111)85-51-22-9-23-52-85)119(95-63-32-28-59-93(95)94-60-29-33-64-96(94)119)97-75-101-109(77-107(97)124(108)86-53-24-10-25-54-86)125(87-55-26-11-27-56-87)113-73-88(122(84-49-20-8-21-50-84)103-67-36-30-57-89(103)79-41-12-4-13-42-79)74-114-116(113)121(101)100-66-35-39-70-106(100)126(114)104-68-37-31-58-90(104)80-43-14-5-15-44-80/h4-78H,1-3H3. The molecular formula is C119H84B2N6. The van der Waals surface area contributed by atoms with Gasteiger partial charge in [0, 0.05) is 90.5 Å². The highest BCUT2D eigenvalue weighted by atomic mass is 15.2. The van der Waals surface area contributed by atoms with Gasteiger partial charge >= 0.3 is 0 Å². The molecule has 19 aromatic rings. The van der Waals surface area contributed by atoms with Crippen LogP contribution in [0.25, 0.3) is 55.6 Å². The second-order valence-electron chi connectivity index (χ2n) is 35.3. The first kappa shape index (κ1) is 73.8. The molecule has 25 rings (SSSR count). The second kappa shape index (κ2) is 29.1. The van der Waals surface area contributed by atoms with Crippen molar-refractivity contribution >= 4 is 149 Å². The fraction of sp³-hybridized carbons (Fsp3) is 0.0420. The summed E-state index contributed by atoms with van der Waals surface area (Å²) in [5.41, 5.74) is 43.5. The molecule has 0 saturated heterocycles. The summed E-state index contributed by atoms with van der Waals surface area (Å²) in [5, 5.41) is 0. The van der Waals surface area contributed by atoms with Gasteiger partial charge in [0.1, 0.15) is 0 Å². The zero-order valence-electron chi connectivity index (χ0n) is 70.6. The minimum absolute atomic E-state index is 0.257. The van der Waals surface area contributed by atoms with Gasteiger partial charge in [-0.3, -0.25) is 0 Å². The molecular weight excluding hydrogens is 1530 g/mol. The van der Waals surface area contributed by atoms with Gasteiger partial charge in [-0.15, -0.1) is 0 Å². The molecule has 0 saturated carbocycles. The molecule has 0 bridgehead atoms. The number of para-hydroxylation sites is 9. The minimum atomic E-state index is -0.958. The first-order valence-corrected chi connectivity index (χ1v) is 44.4. The Morgan fingerprint density at radius 3 is 1.05 bits per heavy atom. The molecule has 0 N–H and O–H groups in total. The Bertz CT molecular complexity index is 7490. The molecule has 1 spiro atoms. The fourth-order valence-corrected chi connectivity index (χ4v) is 22.2. The number of nitrogens with zero attached hydrogens (tertiary/aromatic N) is 6. The molecule has 6 nitrogen and oxygen atoms in total. The van der Waals surface area contributed by atoms with Crippen LogP contribution in [0.5, 0.6) is 0 Å². The van der Waals surface area contributed by atoms with Crippen molar-refractivity contribution in [2.24, 2.45) is 0 Å². The number of rotatable bonds is 12. The van der Waals surface area contributed by atoms with Crippen molar-refractivity contribution in [2.45, 2.75) is 31.6 Å². The van der Waals surface area contributed by atoms with Crippen LogP contribution in [0.1, 0.15) is 48.6 Å². The van der Waals surface area contributed by atoms with Crippen LogP contribution in [-0.2, 0) is 10.8 Å². The molecule has 1 aliphatic carbocycles. The molecule has 8 heteroatoms. The topological polar surface area (TPSA) is 19.4 Å². The van der Waals surface area contributed by atoms with Gasteiger partial charge < -0.3 is 29.4 Å². The molecule has 0 radical (unpaired) electrons. The van der Waals surface area contributed by atoms with Crippen molar-refractivity contribution in [3.05, 3.63) is 483 Å². The molecule has 0 fully saturated rings. The normalized spacial score (nSPS) is 13.6. The van der Waals surface area contributed by atoms with Crippen LogP contribution in [-0.4, -0.2) is 13.4 Å². The second-order valence-corrected chi connectivity index (χ2v) is 35.3. The molecule has 0 aromatic heterocycles. The average Bonchev–Trinajstić information content (AvgIpc) is 1.62. The van der Waals surface area contributed by atoms with Crippen LogP contribution in [0, 0.1) is 0 Å². The summed E-state index contributed by atoms with van der Waals surface area (Å²) in [6.45, 7) is 6.58. The Labute approximate surface area is 742 Å². The number of fused-ring (bicyclic) bond motifs is 17. The van der Waals surface area contributed by atoms with Crippen LogP contribution in [0.15, 0.2) is 455 Å². The van der Waals surface area contributed by atoms with E-state index in [0.29, 0.717) is 0 Å². The van der Waals surface area contributed by atoms with Gasteiger partial charge in [0.25, 0.3) is 13.4 Å². The summed E-state index contributed by atoms with van der Waals surface area (Å²) in [7, 11) is 0. The molecule has 5 aliphatic heterocycles. The molecule has 0 atom stereocenters. The van der Waals surface area contributed by atoms with Crippen molar-refractivity contribution < 1.29 is 0 Å². The van der Waals surface area contributed by atoms with E-state index in [4.69, 9.17) is 0 Å². The van der Waals surface area contributed by atoms with Crippen molar-refractivity contribution in [3.63, 3.8) is 0 Å². The Morgan fingerprint density at radius 2 is 0.559 bits per heavy atom. The lowest BCUT2D eigenvalue weighted by atomic mass is 9.32. The maximum Gasteiger partial charge on any atom is 0.252 e. The number of hydrogen-bond donors (Lipinski definition) is 0. The zero-order valence-corrected chi connectivity index (χ0v) is 70.6. The highest BCUT2D eigenvalue weighted by molar-refractivity contribution is 7.01. The van der Waals surface area contributed by atoms with Crippen LogP contribution in [0.3, 0.4) is 0 Å². The van der Waals surface area contributed by atoms with Gasteiger partial charge in [-0.05, 0) is 209 Å². The van der Waals surface area contributed by atoms with Crippen molar-refractivity contribution in [1.29, 1.82) is 0 Å². The SMILES string of the molecule is CC(C)(C)c1cc2c3c(c1)N(c1c(-c4ccccc4)cccc1-c1ccccc1)c1cc4c(cc1B3c1ccccc1N2c1ccccc1)C1(c2ccccc2-c2ccccc21)c1cc2c(cc1N4c1ccccc1)N(c1ccccc1)c1cc(N(c3ccccc3)c3ccccc3-c3ccccc3)cc3c1B2c1ccccc1N3c1ccccc1-c1ccccc1. The third-order valence-corrected chi connectivity index (χ3v) is 27.5. The van der Waals surface area contributed by atoms with E-state index >= 15 is 0 Å². The lowest BCUT2D eigenvalue weighted by molar-refractivity contribution is 0.590. The van der Waals surface area contributed by atoms with E-state index in [1.165, 1.54) is 83.1 Å². The van der Waals surface area contributed by atoms with Gasteiger partial charge in [0.05, 0.1) is 39.5 Å². The highest BCUT2D eigenvalue weighted by Crippen LogP contribution is 2.66. The summed E-state index contributed by atoms with van der Waals surface area (Å²) in [5.74, 6) is 0. The minimum Gasteiger partial charge on any atom is -0.311 e. The third-order valence-electron chi connectivity index (χ3n) is 27.5. The summed E-state index contributed by atoms with van der Waals surface area (Å²) in [6, 6.07) is 172. The first-order chi connectivity index (χ1) is 62.7. The molecule has 0 amide bonds. The highest BCUT2D eigenvalue weighted by Gasteiger charge is 2.56. The van der Waals surface area contributed by atoms with Crippen molar-refractivity contribution in [2.75, 3.05) is 29.4 Å². The van der Waals surface area contributed by atoms with Gasteiger partial charge in [-0.2, -0.15) is 0 Å². The van der Waals surface area contributed by atoms with E-state index in [-0.39, 0.29) is 18.8 Å². The zero-order chi connectivity index (χ0) is 84.2. The van der Waals surface area contributed by atoms with E-state index < -0.39 is 5.41 Å². The average molecular weight is 1620 g/mol. The van der Waals surface area contributed by atoms with E-state index in [9.17, 15) is 0 Å². The summed E-state index contributed by atoms with van der Waals surface area (Å²) in [6.07, 6.45) is 0. The Balaban J connectivity index is 0.836. The summed E-state index contributed by atoms with van der Waals surface area (Å²) in [4.78, 5) is 15.7. The Hall–Kier alpha value is -15.9. The predicted molar refractivity (Wildman–Crippen MR) is 535 cm³/mol. The summed E-state index contributed by atoms with van der Waals surface area (Å²) < 4.78 is 0. The number of anilines is 18. The molecule has 0 unspecified atom stereocenters. The van der Waals surface area contributed by atoms with Gasteiger partial charge in [-0.1, -0.05) is 367 Å². The van der Waals surface area contributed by atoms with Crippen molar-refractivity contribution in [3.8, 4) is 55.6 Å². The van der Waals surface area contributed by atoms with E-state index in [0.717, 1.165) is 136 Å². The number of hydrogen-bond acceptors (Lipinski definition) is 6. The van der Waals surface area contributed by atoms with Gasteiger partial charge in [-0.25, -0.2) is 0 Å². The largest absolute Gasteiger partial charge is 0.311 e. The molecule has 6 aliphatic rings. The monoisotopic (exact) mass is 1620 g/mol. The van der Waals surface area contributed by atoms with E-state index in [2.05, 4.69) is 505 Å². The van der Waals surface area contributed by atoms with Crippen LogP contribution in [0.4, 0.5) is 102 Å². The predicted octanol–water partition coefficient (Wildman–Crippen LogP) is 27.4. The lowest BCUT2D eigenvalue weighted by Crippen LogP contribution is -2.62. The third kappa shape index (κ3) is 11.3. The maximum absolute atomic E-state index is 2.74. The molecule has 19 aromatic carbocycles. The smallest absolute Gasteiger partial charge is 0.252 e. The molecule has 127 heavy (non-hydrogen) atoms. The van der Waals surface area contributed by atoms with Crippen LogP contribution < -0.4 is 62.2 Å². The molecule has 5 heterocycles. The maximum atomic E-state index is 2.74. The summed E-state index contributed by atoms with van der Waals surface area (Å²) >= 11 is 0. The number of benzene rings is 19. The van der Waals surface area contributed by atoms with Gasteiger partial charge in [0.15, 0.2) is 0 Å². The van der Waals surface area contributed by atoms with E-state index in [1.54, 1.807) is 0 Å². The van der Waals surface area contributed by atoms with Crippen molar-refractivity contribution in [1.82, 2.24) is 0 Å². The van der Waals surface area contributed by atoms with Gasteiger partial charge in [0.2, 0.25) is 0 Å².